The second-order valence-electron chi connectivity index (χ2n) is 5.52. The van der Waals surface area contributed by atoms with Crippen molar-refractivity contribution in [2.75, 3.05) is 31.6 Å². The molecule has 0 saturated carbocycles. The summed E-state index contributed by atoms with van der Waals surface area (Å²) in [4.78, 5) is 14.2. The van der Waals surface area contributed by atoms with Crippen molar-refractivity contribution in [3.63, 3.8) is 0 Å². The third kappa shape index (κ3) is 3.95. The van der Waals surface area contributed by atoms with Gasteiger partial charge in [0.2, 0.25) is 5.91 Å². The Kier molecular flexibility index (Phi) is 5.59. The summed E-state index contributed by atoms with van der Waals surface area (Å²) < 4.78 is 5.12. The molecule has 1 aromatic rings. The van der Waals surface area contributed by atoms with E-state index in [0.29, 0.717) is 25.6 Å². The number of hydrogen-bond donors (Lipinski definition) is 2. The number of nitrogens with one attached hydrogen (secondary N) is 1. The first-order chi connectivity index (χ1) is 10.2. The van der Waals surface area contributed by atoms with Crippen molar-refractivity contribution < 1.29 is 9.53 Å². The summed E-state index contributed by atoms with van der Waals surface area (Å²) >= 11 is 0. The lowest BCUT2D eigenvalue weighted by atomic mass is 10.1. The fourth-order valence-corrected chi connectivity index (χ4v) is 2.83. The first-order valence-electron chi connectivity index (χ1n) is 7.49. The number of carbonyl (C=O) groups is 1. The van der Waals surface area contributed by atoms with Crippen LogP contribution in [0.25, 0.3) is 0 Å². The molecule has 21 heavy (non-hydrogen) atoms. The number of anilines is 1. The Hall–Kier alpha value is -1.59. The van der Waals surface area contributed by atoms with Crippen molar-refractivity contribution in [3.8, 4) is 0 Å². The molecule has 116 valence electrons. The molecule has 1 aliphatic rings. The second-order valence-corrected chi connectivity index (χ2v) is 5.52. The first-order valence-corrected chi connectivity index (χ1v) is 7.49. The Balaban J connectivity index is 1.80. The van der Waals surface area contributed by atoms with Gasteiger partial charge in [0.05, 0.1) is 12.5 Å². The number of methoxy groups -OCH3 is 1. The maximum atomic E-state index is 11.8. The standard InChI is InChI=1S/C16H25N3O2/c1-12-9-13-5-3-4-6-15(13)19(12)8-7-18-16(20)10-14(11-17)21-2/h3-6,12,14H,7-11,17H2,1-2H3,(H,18,20). The van der Waals surface area contributed by atoms with Gasteiger partial charge in [-0.05, 0) is 25.0 Å². The summed E-state index contributed by atoms with van der Waals surface area (Å²) in [5, 5.41) is 2.94. The van der Waals surface area contributed by atoms with E-state index in [1.165, 1.54) is 11.3 Å². The van der Waals surface area contributed by atoms with E-state index in [0.717, 1.165) is 13.0 Å². The number of amides is 1. The van der Waals surface area contributed by atoms with Crippen molar-refractivity contribution in [3.05, 3.63) is 29.8 Å². The van der Waals surface area contributed by atoms with Gasteiger partial charge in [-0.2, -0.15) is 0 Å². The molecule has 1 aromatic carbocycles. The molecule has 0 fully saturated rings. The number of para-hydroxylation sites is 1. The summed E-state index contributed by atoms with van der Waals surface area (Å²) in [6.07, 6.45) is 1.19. The number of hydrogen-bond acceptors (Lipinski definition) is 4. The third-order valence-corrected chi connectivity index (χ3v) is 4.03. The highest BCUT2D eigenvalue weighted by molar-refractivity contribution is 5.76. The molecule has 0 bridgehead atoms. The lowest BCUT2D eigenvalue weighted by Gasteiger charge is -2.25. The van der Waals surface area contributed by atoms with Crippen molar-refractivity contribution >= 4 is 11.6 Å². The molecule has 2 rings (SSSR count). The highest BCUT2D eigenvalue weighted by Gasteiger charge is 2.24. The number of ether oxygens (including phenoxy) is 1. The van der Waals surface area contributed by atoms with Crippen molar-refractivity contribution in [2.24, 2.45) is 5.73 Å². The van der Waals surface area contributed by atoms with Gasteiger partial charge in [0, 0.05) is 38.5 Å². The molecular weight excluding hydrogens is 266 g/mol. The molecule has 1 aliphatic heterocycles. The fraction of sp³-hybridized carbons (Fsp3) is 0.562. The number of nitrogens with zero attached hydrogens (tertiary/aromatic N) is 1. The largest absolute Gasteiger partial charge is 0.380 e. The van der Waals surface area contributed by atoms with Crippen molar-refractivity contribution in [1.29, 1.82) is 0 Å². The van der Waals surface area contributed by atoms with Gasteiger partial charge in [-0.25, -0.2) is 0 Å². The number of fused-ring (bicyclic) bond motifs is 1. The molecule has 1 amide bonds. The van der Waals surface area contributed by atoms with Crippen LogP contribution in [-0.2, 0) is 16.0 Å². The molecule has 0 saturated heterocycles. The Morgan fingerprint density at radius 1 is 1.52 bits per heavy atom. The Morgan fingerprint density at radius 3 is 3.00 bits per heavy atom. The maximum Gasteiger partial charge on any atom is 0.222 e. The molecular formula is C16H25N3O2. The first kappa shape index (κ1) is 15.8. The van der Waals surface area contributed by atoms with Gasteiger partial charge in [0.25, 0.3) is 0 Å². The Morgan fingerprint density at radius 2 is 2.29 bits per heavy atom. The number of benzene rings is 1. The molecule has 0 spiro atoms. The zero-order valence-corrected chi connectivity index (χ0v) is 12.8. The maximum absolute atomic E-state index is 11.8. The normalized spacial score (nSPS) is 18.4. The minimum atomic E-state index is -0.198. The molecule has 0 aliphatic carbocycles. The van der Waals surface area contributed by atoms with Crippen LogP contribution in [0, 0.1) is 0 Å². The Bertz CT molecular complexity index is 474. The second kappa shape index (κ2) is 7.43. The number of rotatable bonds is 7. The van der Waals surface area contributed by atoms with Crippen LogP contribution in [0.1, 0.15) is 18.9 Å². The van der Waals surface area contributed by atoms with E-state index in [1.54, 1.807) is 7.11 Å². The summed E-state index contributed by atoms with van der Waals surface area (Å²) in [6.45, 7) is 4.04. The van der Waals surface area contributed by atoms with E-state index in [4.69, 9.17) is 10.5 Å². The van der Waals surface area contributed by atoms with Crippen LogP contribution in [0.4, 0.5) is 5.69 Å². The van der Waals surface area contributed by atoms with Crippen LogP contribution < -0.4 is 16.0 Å². The van der Waals surface area contributed by atoms with E-state index >= 15 is 0 Å². The summed E-state index contributed by atoms with van der Waals surface area (Å²) in [5.74, 6) is -0.00700. The van der Waals surface area contributed by atoms with Gasteiger partial charge in [-0.3, -0.25) is 4.79 Å². The van der Waals surface area contributed by atoms with E-state index < -0.39 is 0 Å². The lowest BCUT2D eigenvalue weighted by Crippen LogP contribution is -2.39. The molecule has 2 atom stereocenters. The predicted octanol–water partition coefficient (Wildman–Crippen LogP) is 0.918. The van der Waals surface area contributed by atoms with Gasteiger partial charge >= 0.3 is 0 Å². The molecule has 0 aromatic heterocycles. The van der Waals surface area contributed by atoms with E-state index in [1.807, 2.05) is 0 Å². The monoisotopic (exact) mass is 291 g/mol. The fourth-order valence-electron chi connectivity index (χ4n) is 2.83. The average molecular weight is 291 g/mol. The van der Waals surface area contributed by atoms with E-state index in [9.17, 15) is 4.79 Å². The van der Waals surface area contributed by atoms with Gasteiger partial charge < -0.3 is 20.7 Å². The summed E-state index contributed by atoms with van der Waals surface area (Å²) in [5.41, 5.74) is 8.19. The van der Waals surface area contributed by atoms with Crippen molar-refractivity contribution in [2.45, 2.75) is 31.9 Å². The smallest absolute Gasteiger partial charge is 0.222 e. The Labute approximate surface area is 126 Å². The van der Waals surface area contributed by atoms with Crippen LogP contribution in [-0.4, -0.2) is 44.8 Å². The zero-order valence-electron chi connectivity index (χ0n) is 12.8. The molecule has 3 N–H and O–H groups in total. The molecule has 5 nitrogen and oxygen atoms in total. The van der Waals surface area contributed by atoms with Crippen LogP contribution in [0.3, 0.4) is 0 Å². The SMILES string of the molecule is COC(CN)CC(=O)NCCN1c2ccccc2CC1C. The quantitative estimate of drug-likeness (QED) is 0.784. The van der Waals surface area contributed by atoms with E-state index in [2.05, 4.69) is 41.4 Å². The van der Waals surface area contributed by atoms with Crippen LogP contribution in [0.5, 0.6) is 0 Å². The summed E-state index contributed by atoms with van der Waals surface area (Å²) in [6, 6.07) is 8.95. The average Bonchev–Trinajstić information content (AvgIpc) is 2.81. The molecule has 2 unspecified atom stereocenters. The third-order valence-electron chi connectivity index (χ3n) is 4.03. The molecule has 5 heteroatoms. The minimum Gasteiger partial charge on any atom is -0.380 e. The van der Waals surface area contributed by atoms with Crippen LogP contribution in [0.2, 0.25) is 0 Å². The minimum absolute atomic E-state index is 0.00700. The van der Waals surface area contributed by atoms with Gasteiger partial charge in [0.15, 0.2) is 0 Å². The molecule has 1 heterocycles. The van der Waals surface area contributed by atoms with Crippen LogP contribution in [0.15, 0.2) is 24.3 Å². The number of nitrogens with two attached hydrogens (primary N) is 1. The summed E-state index contributed by atoms with van der Waals surface area (Å²) in [7, 11) is 1.58. The van der Waals surface area contributed by atoms with E-state index in [-0.39, 0.29) is 12.0 Å². The highest BCUT2D eigenvalue weighted by Crippen LogP contribution is 2.31. The van der Waals surface area contributed by atoms with Gasteiger partial charge in [-0.1, -0.05) is 18.2 Å². The highest BCUT2D eigenvalue weighted by atomic mass is 16.5. The van der Waals surface area contributed by atoms with Crippen molar-refractivity contribution in [1.82, 2.24) is 5.32 Å². The number of carbonyl (C=O) groups excluding carboxylic acids is 1. The predicted molar refractivity (Wildman–Crippen MR) is 84.4 cm³/mol. The molecule has 0 radical (unpaired) electrons. The van der Waals surface area contributed by atoms with Gasteiger partial charge in [-0.15, -0.1) is 0 Å². The zero-order chi connectivity index (χ0) is 15.2. The van der Waals surface area contributed by atoms with Crippen LogP contribution >= 0.6 is 0 Å². The van der Waals surface area contributed by atoms with Gasteiger partial charge in [0.1, 0.15) is 0 Å². The topological polar surface area (TPSA) is 67.6 Å². The lowest BCUT2D eigenvalue weighted by molar-refractivity contribution is -0.123.